The number of amides is 1. The van der Waals surface area contributed by atoms with Crippen LogP contribution in [0.1, 0.15) is 37.7 Å². The number of sulfonamides is 1. The van der Waals surface area contributed by atoms with Crippen LogP contribution < -0.4 is 14.8 Å². The average Bonchev–Trinajstić information content (AvgIpc) is 3.70. The van der Waals surface area contributed by atoms with Crippen LogP contribution in [0.15, 0.2) is 47.4 Å². The number of nitrogens with one attached hydrogen (secondary N) is 1. The van der Waals surface area contributed by atoms with Crippen LogP contribution in [-0.4, -0.2) is 63.4 Å². The fourth-order valence-corrected chi connectivity index (χ4v) is 6.00. The highest BCUT2D eigenvalue weighted by Gasteiger charge is 2.31. The molecule has 0 bridgehead atoms. The molecule has 1 saturated heterocycles. The molecule has 0 unspecified atom stereocenters. The summed E-state index contributed by atoms with van der Waals surface area (Å²) in [4.78, 5) is 15.1. The summed E-state index contributed by atoms with van der Waals surface area (Å²) < 4.78 is 38.5. The molecule has 9 heteroatoms. The summed E-state index contributed by atoms with van der Waals surface area (Å²) >= 11 is 0. The molecular weight excluding hydrogens is 454 g/mol. The van der Waals surface area contributed by atoms with Crippen LogP contribution in [0.2, 0.25) is 0 Å². The highest BCUT2D eigenvalue weighted by Crippen LogP contribution is 2.32. The first-order chi connectivity index (χ1) is 16.4. The number of ether oxygens (including phenoxy) is 2. The summed E-state index contributed by atoms with van der Waals surface area (Å²) in [5, 5.41) is 2.89. The van der Waals surface area contributed by atoms with Crippen LogP contribution in [0.5, 0.6) is 11.5 Å². The molecule has 2 aromatic rings. The maximum Gasteiger partial charge on any atom is 0.246 e. The average molecular weight is 488 g/mol. The lowest BCUT2D eigenvalue weighted by Crippen LogP contribution is -2.36. The molecule has 1 saturated carbocycles. The molecule has 2 fully saturated rings. The molecule has 4 rings (SSSR count). The Morgan fingerprint density at radius 3 is 2.35 bits per heavy atom. The normalized spacial score (nSPS) is 16.9. The van der Waals surface area contributed by atoms with Gasteiger partial charge >= 0.3 is 0 Å². The second kappa shape index (κ2) is 10.8. The summed E-state index contributed by atoms with van der Waals surface area (Å²) in [6, 6.07) is 13.0. The second-order valence-corrected chi connectivity index (χ2v) is 10.8. The fraction of sp³-hybridized carbons (Fsp3) is 0.480. The van der Waals surface area contributed by atoms with Gasteiger partial charge in [-0.1, -0.05) is 18.6 Å². The van der Waals surface area contributed by atoms with Crippen molar-refractivity contribution in [2.75, 3.05) is 39.2 Å². The molecule has 0 spiro atoms. The summed E-state index contributed by atoms with van der Waals surface area (Å²) in [5.74, 6) is 0.906. The Balaban J connectivity index is 1.45. The van der Waals surface area contributed by atoms with Gasteiger partial charge < -0.3 is 14.8 Å². The van der Waals surface area contributed by atoms with Crippen molar-refractivity contribution in [3.63, 3.8) is 0 Å². The van der Waals surface area contributed by atoms with Crippen LogP contribution in [-0.2, 0) is 21.4 Å². The molecule has 34 heavy (non-hydrogen) atoms. The Hall–Kier alpha value is -2.62. The van der Waals surface area contributed by atoms with E-state index in [4.69, 9.17) is 9.47 Å². The van der Waals surface area contributed by atoms with E-state index in [1.165, 1.54) is 17.5 Å². The molecule has 8 nitrogen and oxygen atoms in total. The summed E-state index contributed by atoms with van der Waals surface area (Å²) in [7, 11) is -0.609. The SMILES string of the molecule is COc1ccc(CN(CC(=O)Nc2ccc(OC)c(S(=O)(=O)N3CCCCC3)c2)C2CC2)cc1. The van der Waals surface area contributed by atoms with Gasteiger partial charge in [0.1, 0.15) is 16.4 Å². The van der Waals surface area contributed by atoms with Crippen molar-refractivity contribution in [3.05, 3.63) is 48.0 Å². The lowest BCUT2D eigenvalue weighted by atomic mass is 10.2. The molecule has 0 aromatic heterocycles. The number of hydrogen-bond donors (Lipinski definition) is 1. The van der Waals surface area contributed by atoms with Gasteiger partial charge in [-0.05, 0) is 61.6 Å². The quantitative estimate of drug-likeness (QED) is 0.552. The number of methoxy groups -OCH3 is 2. The number of rotatable bonds is 10. The molecule has 184 valence electrons. The minimum atomic E-state index is -3.70. The largest absolute Gasteiger partial charge is 0.497 e. The van der Waals surface area contributed by atoms with Crippen molar-refractivity contribution < 1.29 is 22.7 Å². The summed E-state index contributed by atoms with van der Waals surface area (Å²) in [5.41, 5.74) is 1.56. The first-order valence-corrected chi connectivity index (χ1v) is 13.2. The fourth-order valence-electron chi connectivity index (χ4n) is 4.30. The van der Waals surface area contributed by atoms with Gasteiger partial charge in [0.05, 0.1) is 20.8 Å². The third kappa shape index (κ3) is 5.89. The number of carbonyl (C=O) groups excluding carboxylic acids is 1. The topological polar surface area (TPSA) is 88.2 Å². The predicted molar refractivity (Wildman–Crippen MR) is 131 cm³/mol. The van der Waals surface area contributed by atoms with E-state index in [0.717, 1.165) is 43.4 Å². The number of carbonyl (C=O) groups is 1. The van der Waals surface area contributed by atoms with Crippen molar-refractivity contribution in [2.24, 2.45) is 0 Å². The van der Waals surface area contributed by atoms with Gasteiger partial charge in [0, 0.05) is 31.4 Å². The number of piperidine rings is 1. The highest BCUT2D eigenvalue weighted by atomic mass is 32.2. The molecule has 2 aliphatic rings. The predicted octanol–water partition coefficient (Wildman–Crippen LogP) is 3.48. The second-order valence-electron chi connectivity index (χ2n) is 8.86. The third-order valence-corrected chi connectivity index (χ3v) is 8.25. The standard InChI is InChI=1S/C25H33N3O5S/c1-32-22-11-6-19(7-12-22)17-27(21-9-10-21)18-25(29)26-20-8-13-23(33-2)24(16-20)34(30,31)28-14-4-3-5-15-28/h6-8,11-13,16,21H,3-5,9-10,14-15,17-18H2,1-2H3,(H,26,29). The first kappa shape index (κ1) is 24.5. The molecule has 2 aromatic carbocycles. The van der Waals surface area contributed by atoms with E-state index in [1.54, 1.807) is 19.2 Å². The zero-order valence-electron chi connectivity index (χ0n) is 19.8. The van der Waals surface area contributed by atoms with Crippen LogP contribution in [0.3, 0.4) is 0 Å². The molecule has 1 heterocycles. The van der Waals surface area contributed by atoms with E-state index >= 15 is 0 Å². The zero-order chi connectivity index (χ0) is 24.1. The van der Waals surface area contributed by atoms with Crippen molar-refractivity contribution in [2.45, 2.75) is 49.6 Å². The van der Waals surface area contributed by atoms with E-state index in [1.807, 2.05) is 24.3 Å². The van der Waals surface area contributed by atoms with E-state index in [0.29, 0.717) is 31.4 Å². The Morgan fingerprint density at radius 2 is 1.74 bits per heavy atom. The van der Waals surface area contributed by atoms with Gasteiger partial charge in [0.15, 0.2) is 0 Å². The monoisotopic (exact) mass is 487 g/mol. The Kier molecular flexibility index (Phi) is 7.75. The highest BCUT2D eigenvalue weighted by molar-refractivity contribution is 7.89. The van der Waals surface area contributed by atoms with Crippen LogP contribution in [0.4, 0.5) is 5.69 Å². The number of hydrogen-bond acceptors (Lipinski definition) is 6. The summed E-state index contributed by atoms with van der Waals surface area (Å²) in [6.45, 7) is 1.91. The minimum absolute atomic E-state index is 0.0898. The van der Waals surface area contributed by atoms with Gasteiger partial charge in [-0.3, -0.25) is 9.69 Å². The Bertz CT molecular complexity index is 1090. The van der Waals surface area contributed by atoms with Gasteiger partial charge in [0.25, 0.3) is 0 Å². The smallest absolute Gasteiger partial charge is 0.246 e. The maximum absolute atomic E-state index is 13.2. The van der Waals surface area contributed by atoms with Crippen molar-refractivity contribution in [1.29, 1.82) is 0 Å². The van der Waals surface area contributed by atoms with Gasteiger partial charge in [-0.25, -0.2) is 8.42 Å². The third-order valence-electron chi connectivity index (χ3n) is 6.33. The molecule has 0 atom stereocenters. The van der Waals surface area contributed by atoms with E-state index in [9.17, 15) is 13.2 Å². The van der Waals surface area contributed by atoms with Crippen LogP contribution in [0, 0.1) is 0 Å². The van der Waals surface area contributed by atoms with E-state index in [2.05, 4.69) is 10.2 Å². The van der Waals surface area contributed by atoms with Crippen LogP contribution in [0.25, 0.3) is 0 Å². The van der Waals surface area contributed by atoms with Crippen molar-refractivity contribution in [3.8, 4) is 11.5 Å². The van der Waals surface area contributed by atoms with E-state index < -0.39 is 10.0 Å². The van der Waals surface area contributed by atoms with Gasteiger partial charge in [0.2, 0.25) is 15.9 Å². The molecular formula is C25H33N3O5S. The Morgan fingerprint density at radius 1 is 1.03 bits per heavy atom. The number of anilines is 1. The molecule has 1 N–H and O–H groups in total. The molecule has 1 amide bonds. The molecule has 1 aliphatic carbocycles. The number of nitrogens with zero attached hydrogens (tertiary/aromatic N) is 2. The first-order valence-electron chi connectivity index (χ1n) is 11.8. The van der Waals surface area contributed by atoms with Gasteiger partial charge in [-0.2, -0.15) is 4.31 Å². The lowest BCUT2D eigenvalue weighted by molar-refractivity contribution is -0.117. The molecule has 1 aliphatic heterocycles. The van der Waals surface area contributed by atoms with Gasteiger partial charge in [-0.15, -0.1) is 0 Å². The Labute approximate surface area is 201 Å². The van der Waals surface area contributed by atoms with E-state index in [-0.39, 0.29) is 23.1 Å². The summed E-state index contributed by atoms with van der Waals surface area (Å²) in [6.07, 6.45) is 4.88. The maximum atomic E-state index is 13.2. The zero-order valence-corrected chi connectivity index (χ0v) is 20.6. The number of benzene rings is 2. The lowest BCUT2D eigenvalue weighted by Gasteiger charge is -2.27. The van der Waals surface area contributed by atoms with Crippen LogP contribution >= 0.6 is 0 Å². The molecule has 0 radical (unpaired) electrons. The minimum Gasteiger partial charge on any atom is -0.497 e. The van der Waals surface area contributed by atoms with Crippen molar-refractivity contribution >= 4 is 21.6 Å². The van der Waals surface area contributed by atoms with Crippen molar-refractivity contribution in [1.82, 2.24) is 9.21 Å².